The van der Waals surface area contributed by atoms with E-state index < -0.39 is 4.92 Å². The molecule has 5 nitrogen and oxygen atoms in total. The van der Waals surface area contributed by atoms with Gasteiger partial charge in [-0.15, -0.1) is 0 Å². The summed E-state index contributed by atoms with van der Waals surface area (Å²) in [4.78, 5) is 21.0. The second kappa shape index (κ2) is 5.09. The first kappa shape index (κ1) is 11.2. The Kier molecular flexibility index (Phi) is 3.79. The van der Waals surface area contributed by atoms with Crippen molar-refractivity contribution < 1.29 is 14.5 Å². The number of para-hydroxylation sites is 1. The predicted molar refractivity (Wildman–Crippen MR) is 53.4 cm³/mol. The van der Waals surface area contributed by atoms with Gasteiger partial charge >= 0.3 is 5.97 Å². The summed E-state index contributed by atoms with van der Waals surface area (Å²) in [5.74, 6) is -0.367. The van der Waals surface area contributed by atoms with Crippen LogP contribution < -0.4 is 0 Å². The van der Waals surface area contributed by atoms with Crippen molar-refractivity contribution in [3.8, 4) is 0 Å². The summed E-state index contributed by atoms with van der Waals surface area (Å²) in [7, 11) is 1.29. The van der Waals surface area contributed by atoms with Crippen molar-refractivity contribution in [3.63, 3.8) is 0 Å². The Morgan fingerprint density at radius 2 is 2.13 bits per heavy atom. The normalized spacial score (nSPS) is 9.67. The Hall–Kier alpha value is -1.91. The molecule has 5 heteroatoms. The van der Waals surface area contributed by atoms with Crippen molar-refractivity contribution in [2.75, 3.05) is 7.11 Å². The molecule has 0 atom stereocenters. The van der Waals surface area contributed by atoms with E-state index in [-0.39, 0.29) is 18.1 Å². The maximum Gasteiger partial charge on any atom is 0.305 e. The van der Waals surface area contributed by atoms with Crippen molar-refractivity contribution in [2.45, 2.75) is 12.8 Å². The van der Waals surface area contributed by atoms with Crippen molar-refractivity contribution in [1.82, 2.24) is 0 Å². The van der Waals surface area contributed by atoms with E-state index in [4.69, 9.17) is 0 Å². The van der Waals surface area contributed by atoms with Gasteiger partial charge in [0.2, 0.25) is 0 Å². The highest BCUT2D eigenvalue weighted by atomic mass is 16.6. The van der Waals surface area contributed by atoms with Gasteiger partial charge in [0, 0.05) is 18.1 Å². The summed E-state index contributed by atoms with van der Waals surface area (Å²) in [6, 6.07) is 6.37. The molecule has 0 unspecified atom stereocenters. The first-order valence-corrected chi connectivity index (χ1v) is 4.44. The Morgan fingerprint density at radius 1 is 1.47 bits per heavy atom. The van der Waals surface area contributed by atoms with E-state index in [1.807, 2.05) is 0 Å². The molecule has 0 saturated carbocycles. The standard InChI is InChI=1S/C10H11NO4/c1-15-10(12)7-6-8-4-2-3-5-9(8)11(13)14/h2-5H,6-7H2,1H3. The maximum atomic E-state index is 10.9. The summed E-state index contributed by atoms with van der Waals surface area (Å²) >= 11 is 0. The minimum atomic E-state index is -0.452. The molecule has 0 aliphatic rings. The first-order valence-electron chi connectivity index (χ1n) is 4.44. The van der Waals surface area contributed by atoms with Crippen LogP contribution in [0.3, 0.4) is 0 Å². The van der Waals surface area contributed by atoms with Crippen LogP contribution in [-0.4, -0.2) is 18.0 Å². The fourth-order valence-corrected chi connectivity index (χ4v) is 1.24. The molecule has 0 aliphatic carbocycles. The topological polar surface area (TPSA) is 69.4 Å². The number of carbonyl (C=O) groups excluding carboxylic acids is 1. The number of rotatable bonds is 4. The van der Waals surface area contributed by atoms with Gasteiger partial charge in [-0.25, -0.2) is 0 Å². The molecule has 1 rings (SSSR count). The minimum Gasteiger partial charge on any atom is -0.469 e. The quantitative estimate of drug-likeness (QED) is 0.430. The Bertz CT molecular complexity index is 375. The molecule has 0 fully saturated rings. The Labute approximate surface area is 86.8 Å². The van der Waals surface area contributed by atoms with Gasteiger partial charge in [0.1, 0.15) is 0 Å². The molecule has 0 bridgehead atoms. The number of ether oxygens (including phenoxy) is 1. The molecule has 0 amide bonds. The number of carbonyl (C=O) groups is 1. The number of benzene rings is 1. The number of nitro benzene ring substituents is 1. The van der Waals surface area contributed by atoms with Crippen LogP contribution >= 0.6 is 0 Å². The zero-order valence-corrected chi connectivity index (χ0v) is 8.30. The summed E-state index contributed by atoms with van der Waals surface area (Å²) in [5.41, 5.74) is 0.592. The lowest BCUT2D eigenvalue weighted by Gasteiger charge is -2.01. The van der Waals surface area contributed by atoms with Crippen molar-refractivity contribution in [2.24, 2.45) is 0 Å². The summed E-state index contributed by atoms with van der Waals surface area (Å²) < 4.78 is 4.46. The molecule has 15 heavy (non-hydrogen) atoms. The lowest BCUT2D eigenvalue weighted by Crippen LogP contribution is -2.03. The van der Waals surface area contributed by atoms with Crippen LogP contribution in [-0.2, 0) is 16.0 Å². The Morgan fingerprint density at radius 3 is 2.73 bits per heavy atom. The van der Waals surface area contributed by atoms with Gasteiger partial charge in [0.25, 0.3) is 5.69 Å². The zero-order chi connectivity index (χ0) is 11.3. The Balaban J connectivity index is 2.76. The molecule has 0 spiro atoms. The van der Waals surface area contributed by atoms with Gasteiger partial charge in [-0.3, -0.25) is 14.9 Å². The third kappa shape index (κ3) is 3.05. The molecule has 1 aromatic carbocycles. The van der Waals surface area contributed by atoms with Crippen LogP contribution in [0.2, 0.25) is 0 Å². The third-order valence-electron chi connectivity index (χ3n) is 2.01. The lowest BCUT2D eigenvalue weighted by atomic mass is 10.1. The molecule has 1 aromatic rings. The first-order chi connectivity index (χ1) is 7.15. The molecular weight excluding hydrogens is 198 g/mol. The highest BCUT2D eigenvalue weighted by molar-refractivity contribution is 5.69. The largest absolute Gasteiger partial charge is 0.469 e. The number of nitro groups is 1. The summed E-state index contributed by atoms with van der Waals surface area (Å²) in [6.07, 6.45) is 0.477. The van der Waals surface area contributed by atoms with Crippen molar-refractivity contribution >= 4 is 11.7 Å². The highest BCUT2D eigenvalue weighted by Gasteiger charge is 2.13. The van der Waals surface area contributed by atoms with E-state index in [0.29, 0.717) is 12.0 Å². The van der Waals surface area contributed by atoms with E-state index in [1.165, 1.54) is 13.2 Å². The van der Waals surface area contributed by atoms with Crippen LogP contribution in [0.5, 0.6) is 0 Å². The predicted octanol–water partition coefficient (Wildman–Crippen LogP) is 1.70. The van der Waals surface area contributed by atoms with Gasteiger partial charge in [0.15, 0.2) is 0 Å². The van der Waals surface area contributed by atoms with Gasteiger partial charge < -0.3 is 4.74 Å². The minimum absolute atomic E-state index is 0.0430. The van der Waals surface area contributed by atoms with Crippen LogP contribution in [0, 0.1) is 10.1 Å². The molecule has 0 N–H and O–H groups in total. The number of esters is 1. The maximum absolute atomic E-state index is 10.9. The van der Waals surface area contributed by atoms with E-state index in [2.05, 4.69) is 4.74 Å². The highest BCUT2D eigenvalue weighted by Crippen LogP contribution is 2.19. The fourth-order valence-electron chi connectivity index (χ4n) is 1.24. The lowest BCUT2D eigenvalue weighted by molar-refractivity contribution is -0.385. The molecule has 0 aliphatic heterocycles. The molecule has 0 saturated heterocycles. The molecule has 0 radical (unpaired) electrons. The van der Waals surface area contributed by atoms with E-state index in [9.17, 15) is 14.9 Å². The number of hydrogen-bond donors (Lipinski definition) is 0. The SMILES string of the molecule is COC(=O)CCc1ccccc1[N+](=O)[O-]. The van der Waals surface area contributed by atoms with Crippen LogP contribution in [0.15, 0.2) is 24.3 Å². The summed E-state index contributed by atoms with van der Waals surface area (Å²) in [6.45, 7) is 0. The number of hydrogen-bond acceptors (Lipinski definition) is 4. The molecule has 0 heterocycles. The second-order valence-electron chi connectivity index (χ2n) is 2.96. The van der Waals surface area contributed by atoms with Gasteiger partial charge in [0.05, 0.1) is 12.0 Å². The van der Waals surface area contributed by atoms with Gasteiger partial charge in [-0.05, 0) is 6.42 Å². The molecule has 0 aromatic heterocycles. The number of methoxy groups -OCH3 is 1. The molecular formula is C10H11NO4. The van der Waals surface area contributed by atoms with E-state index >= 15 is 0 Å². The average Bonchev–Trinajstić information content (AvgIpc) is 2.26. The average molecular weight is 209 g/mol. The number of nitrogens with zero attached hydrogens (tertiary/aromatic N) is 1. The van der Waals surface area contributed by atoms with Crippen molar-refractivity contribution in [1.29, 1.82) is 0 Å². The van der Waals surface area contributed by atoms with E-state index in [1.54, 1.807) is 18.2 Å². The number of aryl methyl sites for hydroxylation is 1. The third-order valence-corrected chi connectivity index (χ3v) is 2.01. The van der Waals surface area contributed by atoms with E-state index in [0.717, 1.165) is 0 Å². The second-order valence-corrected chi connectivity index (χ2v) is 2.96. The zero-order valence-electron chi connectivity index (χ0n) is 8.30. The molecule has 80 valence electrons. The van der Waals surface area contributed by atoms with Gasteiger partial charge in [-0.2, -0.15) is 0 Å². The van der Waals surface area contributed by atoms with Crippen molar-refractivity contribution in [3.05, 3.63) is 39.9 Å². The van der Waals surface area contributed by atoms with Crippen LogP contribution in [0.25, 0.3) is 0 Å². The van der Waals surface area contributed by atoms with Gasteiger partial charge in [-0.1, -0.05) is 18.2 Å². The monoisotopic (exact) mass is 209 g/mol. The van der Waals surface area contributed by atoms with Crippen LogP contribution in [0.1, 0.15) is 12.0 Å². The fraction of sp³-hybridized carbons (Fsp3) is 0.300. The smallest absolute Gasteiger partial charge is 0.305 e. The van der Waals surface area contributed by atoms with Crippen LogP contribution in [0.4, 0.5) is 5.69 Å². The summed E-state index contributed by atoms with van der Waals surface area (Å²) in [5, 5.41) is 10.6.